The number of piperazine rings is 3. The number of ether oxygens (including phenoxy) is 2. The van der Waals surface area contributed by atoms with Crippen LogP contribution in [-0.2, 0) is 27.4 Å². The molecule has 14 N–H and O–H groups in total. The highest BCUT2D eigenvalue weighted by Crippen LogP contribution is 2.24. The Morgan fingerprint density at radius 1 is 0.543 bits per heavy atom. The number of urea groups is 3. The van der Waals surface area contributed by atoms with Crippen LogP contribution in [-0.4, -0.2) is 210 Å². The molecule has 4 aliphatic heterocycles. The van der Waals surface area contributed by atoms with Crippen molar-refractivity contribution in [1.29, 1.82) is 10.8 Å². The first-order valence-corrected chi connectivity index (χ1v) is 27.0. The van der Waals surface area contributed by atoms with Crippen LogP contribution in [0.4, 0.5) is 53.3 Å². The Morgan fingerprint density at radius 2 is 0.877 bits per heavy atom. The monoisotopic (exact) mass is 1150 g/mol. The predicted molar refractivity (Wildman–Crippen MR) is 291 cm³/mol. The van der Waals surface area contributed by atoms with E-state index in [1.165, 1.54) is 17.7 Å². The fourth-order valence-electron chi connectivity index (χ4n) is 9.36. The molecule has 4 saturated heterocycles. The maximum absolute atomic E-state index is 13.0. The molecule has 2 aromatic rings. The summed E-state index contributed by atoms with van der Waals surface area (Å²) < 4.78 is 43.5. The second-order valence-corrected chi connectivity index (χ2v) is 19.9. The molecule has 448 valence electrons. The highest BCUT2D eigenvalue weighted by molar-refractivity contribution is 5.90. The lowest BCUT2D eigenvalue weighted by molar-refractivity contribution is -0.192. The van der Waals surface area contributed by atoms with Crippen LogP contribution in [0.15, 0.2) is 48.5 Å². The summed E-state index contributed by atoms with van der Waals surface area (Å²) in [6, 6.07) is 14.1. The second kappa shape index (κ2) is 32.2. The van der Waals surface area contributed by atoms with Crippen LogP contribution in [0.3, 0.4) is 0 Å². The summed E-state index contributed by atoms with van der Waals surface area (Å²) in [7, 11) is 0. The highest BCUT2D eigenvalue weighted by Gasteiger charge is 2.38. The number of nitrogens with one attached hydrogen (secondary N) is 8. The number of anilines is 2. The fraction of sp³-hybridized carbons (Fsp3) is 0.588. The number of piperidine rings is 1. The lowest BCUT2D eigenvalue weighted by atomic mass is 9.95. The molecular weight excluding hydrogens is 1070 g/mol. The van der Waals surface area contributed by atoms with Crippen LogP contribution in [0, 0.1) is 16.7 Å². The summed E-state index contributed by atoms with van der Waals surface area (Å²) in [5.41, 5.74) is 13.9. The molecule has 5 fully saturated rings. The van der Waals surface area contributed by atoms with Gasteiger partial charge in [-0.2, -0.15) is 13.2 Å². The minimum Gasteiger partial charge on any atom is -0.475 e. The Balaban J connectivity index is 0.000000365. The first-order valence-electron chi connectivity index (χ1n) is 27.0. The molecule has 1 aliphatic carbocycles. The van der Waals surface area contributed by atoms with Crippen LogP contribution in [0.5, 0.6) is 0 Å². The molecule has 0 unspecified atom stereocenters. The predicted octanol–water partition coefficient (Wildman–Crippen LogP) is 4.03. The van der Waals surface area contributed by atoms with Crippen molar-refractivity contribution in [3.63, 3.8) is 0 Å². The van der Waals surface area contributed by atoms with Crippen LogP contribution < -0.4 is 43.4 Å². The Labute approximate surface area is 467 Å². The molecule has 5 aliphatic rings. The van der Waals surface area contributed by atoms with Crippen LogP contribution >= 0.6 is 0 Å². The van der Waals surface area contributed by atoms with E-state index < -0.39 is 18.2 Å². The van der Waals surface area contributed by atoms with Gasteiger partial charge in [-0.15, -0.1) is 0 Å². The number of benzene rings is 2. The van der Waals surface area contributed by atoms with Crippen molar-refractivity contribution in [2.75, 3.05) is 109 Å². The largest absolute Gasteiger partial charge is 0.490 e. The van der Waals surface area contributed by atoms with Gasteiger partial charge in [-0.3, -0.25) is 10.8 Å². The lowest BCUT2D eigenvalue weighted by Crippen LogP contribution is -2.53. The summed E-state index contributed by atoms with van der Waals surface area (Å²) in [6.45, 7) is 8.48. The number of amides is 9. The molecule has 0 aromatic heterocycles. The normalized spacial score (nSPS) is 18.8. The Bertz CT molecular complexity index is 2270. The topological polar surface area (TPSA) is 370 Å². The van der Waals surface area contributed by atoms with E-state index in [2.05, 4.69) is 31.9 Å². The SMILES string of the molecule is N=C(N)Nc1ccc(CNC(=O)N2CCN(C(=O)O[C@H]3CCC[C@@H](OC(=O)N4CCN(C(=O)NCc5ccc(NC(=N)N)cc5)CC4)CCC3)CC2)cc1.O=C(O)C(F)(F)F.O=C(O)N1CCN(C(=O)NCCC2CCNCC2)CC1. The van der Waals surface area contributed by atoms with Crippen LogP contribution in [0.1, 0.15) is 68.9 Å². The number of carbonyl (C=O) groups is 7. The quantitative estimate of drug-likeness (QED) is 0.112. The summed E-state index contributed by atoms with van der Waals surface area (Å²) >= 11 is 0. The number of guanidine groups is 2. The van der Waals surface area contributed by atoms with Crippen molar-refractivity contribution in [2.45, 2.75) is 89.3 Å². The first-order chi connectivity index (χ1) is 38.6. The van der Waals surface area contributed by atoms with Gasteiger partial charge in [0.05, 0.1) is 0 Å². The van der Waals surface area contributed by atoms with Crippen molar-refractivity contribution in [2.24, 2.45) is 17.4 Å². The number of nitrogens with two attached hydrogens (primary N) is 2. The van der Waals surface area contributed by atoms with Crippen molar-refractivity contribution >= 4 is 65.6 Å². The average molecular weight is 1150 g/mol. The number of carboxylic acid groups (broad SMARTS) is 2. The van der Waals surface area contributed by atoms with Gasteiger partial charge in [-0.05, 0) is 112 Å². The first kappa shape index (κ1) is 63.6. The van der Waals surface area contributed by atoms with Crippen LogP contribution in [0.25, 0.3) is 0 Å². The number of halogens is 3. The second-order valence-electron chi connectivity index (χ2n) is 19.9. The van der Waals surface area contributed by atoms with Gasteiger partial charge in [-0.25, -0.2) is 33.6 Å². The zero-order valence-electron chi connectivity index (χ0n) is 45.3. The zero-order chi connectivity index (χ0) is 58.9. The van der Waals surface area contributed by atoms with Gasteiger partial charge >= 0.3 is 48.5 Å². The van der Waals surface area contributed by atoms with Gasteiger partial charge in [0.15, 0.2) is 11.9 Å². The third kappa shape index (κ3) is 22.8. The molecular formula is C51H77F3N16O11. The Hall–Kier alpha value is -8.18. The number of carbonyl (C=O) groups excluding carboxylic acids is 5. The van der Waals surface area contributed by atoms with Crippen molar-refractivity contribution < 1.29 is 66.4 Å². The molecule has 0 bridgehead atoms. The number of rotatable bonds is 11. The molecule has 7 rings (SSSR count). The maximum atomic E-state index is 13.0. The van der Waals surface area contributed by atoms with E-state index in [0.29, 0.717) is 141 Å². The van der Waals surface area contributed by atoms with Crippen LogP contribution in [0.2, 0.25) is 0 Å². The minimum atomic E-state index is -5.08. The van der Waals surface area contributed by atoms with Gasteiger partial charge in [0.25, 0.3) is 0 Å². The minimum absolute atomic E-state index is 0.0658. The Kier molecular flexibility index (Phi) is 25.3. The summed E-state index contributed by atoms with van der Waals surface area (Å²) in [5, 5.41) is 48.1. The molecule has 2 aromatic carbocycles. The maximum Gasteiger partial charge on any atom is 0.490 e. The number of hydrogen-bond donors (Lipinski definition) is 12. The highest BCUT2D eigenvalue weighted by atomic mass is 19.4. The lowest BCUT2D eigenvalue weighted by Gasteiger charge is -2.36. The van der Waals surface area contributed by atoms with Gasteiger partial charge in [0.2, 0.25) is 0 Å². The van der Waals surface area contributed by atoms with E-state index in [1.54, 1.807) is 48.8 Å². The van der Waals surface area contributed by atoms with Gasteiger partial charge in [0.1, 0.15) is 12.2 Å². The number of nitrogens with zero attached hydrogens (tertiary/aromatic N) is 6. The third-order valence-electron chi connectivity index (χ3n) is 14.0. The zero-order valence-corrected chi connectivity index (χ0v) is 45.3. The molecule has 0 radical (unpaired) electrons. The molecule has 4 heterocycles. The summed E-state index contributed by atoms with van der Waals surface area (Å²) in [4.78, 5) is 92.7. The van der Waals surface area contributed by atoms with Gasteiger partial charge in [0, 0.05) is 110 Å². The molecule has 0 atom stereocenters. The standard InChI is InChI=1S/C36H52N12O6.C13H24N4O3.C2HF3O2/c37-31(38)43-27-11-7-25(8-12-27)23-41-33(49)45-15-19-47(20-16-45)35(51)53-29-3-1-4-30(6-2-5-29)54-36(52)48-21-17-46(18-22-48)34(50)42-24-26-9-13-28(14-10-26)44-32(39)40;18-12(15-6-3-11-1-4-14-5-2-11)16-7-9-17(10-8-16)13(19)20;3-2(4,5)1(6)7/h7-14,29-30H,1-6,15-24H2,(H,41,49)(H,42,50)(H4,37,38,43)(H4,39,40,44);11,14H,1-10H2,(H,15,18)(H,19,20);(H,6,7)/t29-,30+;;. The average Bonchev–Trinajstić information content (AvgIpc) is 3.45. The third-order valence-corrected chi connectivity index (χ3v) is 14.0. The van der Waals surface area contributed by atoms with Crippen molar-refractivity contribution in [3.8, 4) is 0 Å². The number of aliphatic carboxylic acids is 1. The van der Waals surface area contributed by atoms with E-state index in [0.717, 1.165) is 43.5 Å². The van der Waals surface area contributed by atoms with Gasteiger partial charge < -0.3 is 92.5 Å². The van der Waals surface area contributed by atoms with Crippen molar-refractivity contribution in [3.05, 3.63) is 59.7 Å². The van der Waals surface area contributed by atoms with E-state index in [4.69, 9.17) is 46.8 Å². The summed E-state index contributed by atoms with van der Waals surface area (Å²) in [6.07, 6.45) is 0.489. The fourth-order valence-corrected chi connectivity index (χ4v) is 9.36. The molecule has 30 heteroatoms. The van der Waals surface area contributed by atoms with Crippen molar-refractivity contribution in [1.82, 2.24) is 50.7 Å². The van der Waals surface area contributed by atoms with E-state index in [9.17, 15) is 41.9 Å². The molecule has 9 amide bonds. The number of alkyl halides is 3. The van der Waals surface area contributed by atoms with E-state index >= 15 is 0 Å². The molecule has 81 heavy (non-hydrogen) atoms. The Morgan fingerprint density at radius 3 is 1.21 bits per heavy atom. The smallest absolute Gasteiger partial charge is 0.475 e. The summed E-state index contributed by atoms with van der Waals surface area (Å²) in [5.74, 6) is -2.34. The molecule has 1 saturated carbocycles. The number of carboxylic acids is 1. The van der Waals surface area contributed by atoms with E-state index in [-0.39, 0.29) is 54.4 Å². The van der Waals surface area contributed by atoms with E-state index in [1.807, 2.05) is 24.3 Å². The molecule has 0 spiro atoms. The van der Waals surface area contributed by atoms with Gasteiger partial charge in [-0.1, -0.05) is 24.3 Å². The number of hydrogen-bond acceptors (Lipinski definition) is 12. The molecule has 27 nitrogen and oxygen atoms in total.